The maximum absolute atomic E-state index is 5.43. The first-order valence-corrected chi connectivity index (χ1v) is 3.26. The van der Waals surface area contributed by atoms with Crippen molar-refractivity contribution in [3.63, 3.8) is 0 Å². The van der Waals surface area contributed by atoms with Gasteiger partial charge in [0.05, 0.1) is 0 Å². The summed E-state index contributed by atoms with van der Waals surface area (Å²) < 4.78 is 0. The minimum absolute atomic E-state index is 0.602. The first kappa shape index (κ1) is 6.05. The molecule has 0 aromatic carbocycles. The van der Waals surface area contributed by atoms with Gasteiger partial charge in [-0.2, -0.15) is 0 Å². The molecule has 0 spiro atoms. The zero-order valence-electron chi connectivity index (χ0n) is 5.35. The molecule has 1 saturated heterocycles. The SMILES string of the molecule is C[C@@H]1CN[C@H](CN)C1. The molecular formula is C6H14N2. The normalized spacial score (nSPS) is 38.2. The Hall–Kier alpha value is -0.0800. The molecule has 1 fully saturated rings. The summed E-state index contributed by atoms with van der Waals surface area (Å²) in [6.45, 7) is 4.20. The van der Waals surface area contributed by atoms with Gasteiger partial charge in [-0.05, 0) is 18.9 Å². The fourth-order valence-electron chi connectivity index (χ4n) is 1.20. The fourth-order valence-corrected chi connectivity index (χ4v) is 1.20. The van der Waals surface area contributed by atoms with E-state index < -0.39 is 0 Å². The van der Waals surface area contributed by atoms with Crippen molar-refractivity contribution in [1.29, 1.82) is 0 Å². The molecule has 0 radical (unpaired) electrons. The third-order valence-corrected chi connectivity index (χ3v) is 1.73. The van der Waals surface area contributed by atoms with Crippen LogP contribution in [-0.4, -0.2) is 19.1 Å². The lowest BCUT2D eigenvalue weighted by atomic mass is 10.1. The second-order valence-corrected chi connectivity index (χ2v) is 2.68. The van der Waals surface area contributed by atoms with Gasteiger partial charge in [0.25, 0.3) is 0 Å². The van der Waals surface area contributed by atoms with Gasteiger partial charge in [0.15, 0.2) is 0 Å². The Morgan fingerprint density at radius 2 is 2.50 bits per heavy atom. The molecule has 3 N–H and O–H groups in total. The largest absolute Gasteiger partial charge is 0.329 e. The van der Waals surface area contributed by atoms with Crippen LogP contribution in [-0.2, 0) is 0 Å². The first-order chi connectivity index (χ1) is 3.83. The Bertz CT molecular complexity index is 72.9. The van der Waals surface area contributed by atoms with Gasteiger partial charge >= 0.3 is 0 Å². The second-order valence-electron chi connectivity index (χ2n) is 2.68. The van der Waals surface area contributed by atoms with Crippen LogP contribution in [0.1, 0.15) is 13.3 Å². The standard InChI is InChI=1S/C6H14N2/c1-5-2-6(3-7)8-4-5/h5-6,8H,2-4,7H2,1H3/t5-,6-/m0/s1. The van der Waals surface area contributed by atoms with Crippen LogP contribution in [0.25, 0.3) is 0 Å². The summed E-state index contributed by atoms with van der Waals surface area (Å²) in [4.78, 5) is 0. The van der Waals surface area contributed by atoms with Crippen molar-refractivity contribution >= 4 is 0 Å². The van der Waals surface area contributed by atoms with Crippen LogP contribution in [0.4, 0.5) is 0 Å². The van der Waals surface area contributed by atoms with Crippen molar-refractivity contribution in [2.45, 2.75) is 19.4 Å². The first-order valence-electron chi connectivity index (χ1n) is 3.26. The quantitative estimate of drug-likeness (QED) is 0.501. The molecule has 0 saturated carbocycles. The monoisotopic (exact) mass is 114 g/mol. The molecule has 1 heterocycles. The number of nitrogens with one attached hydrogen (secondary N) is 1. The van der Waals surface area contributed by atoms with Crippen molar-refractivity contribution < 1.29 is 0 Å². The smallest absolute Gasteiger partial charge is 0.0193 e. The van der Waals surface area contributed by atoms with E-state index in [1.165, 1.54) is 6.42 Å². The van der Waals surface area contributed by atoms with E-state index in [1.807, 2.05) is 0 Å². The molecule has 0 bridgehead atoms. The van der Waals surface area contributed by atoms with Crippen LogP contribution in [0.3, 0.4) is 0 Å². The zero-order valence-corrected chi connectivity index (χ0v) is 5.35. The lowest BCUT2D eigenvalue weighted by Gasteiger charge is -2.03. The molecule has 0 amide bonds. The van der Waals surface area contributed by atoms with E-state index >= 15 is 0 Å². The molecule has 48 valence electrons. The van der Waals surface area contributed by atoms with Crippen molar-refractivity contribution in [3.8, 4) is 0 Å². The Kier molecular flexibility index (Phi) is 1.86. The van der Waals surface area contributed by atoms with Crippen molar-refractivity contribution in [3.05, 3.63) is 0 Å². The van der Waals surface area contributed by atoms with E-state index in [2.05, 4.69) is 12.2 Å². The number of rotatable bonds is 1. The van der Waals surface area contributed by atoms with Gasteiger partial charge in [-0.25, -0.2) is 0 Å². The van der Waals surface area contributed by atoms with Crippen molar-refractivity contribution in [2.24, 2.45) is 11.7 Å². The van der Waals surface area contributed by atoms with E-state index in [0.717, 1.165) is 19.0 Å². The minimum atomic E-state index is 0.602. The molecule has 0 unspecified atom stereocenters. The minimum Gasteiger partial charge on any atom is -0.329 e. The molecule has 1 aliphatic rings. The van der Waals surface area contributed by atoms with Gasteiger partial charge in [0.2, 0.25) is 0 Å². The molecule has 2 heteroatoms. The summed E-state index contributed by atoms with van der Waals surface area (Å²) >= 11 is 0. The molecule has 1 aliphatic heterocycles. The van der Waals surface area contributed by atoms with Crippen LogP contribution in [0, 0.1) is 5.92 Å². The number of hydrogen-bond acceptors (Lipinski definition) is 2. The lowest BCUT2D eigenvalue weighted by Crippen LogP contribution is -2.29. The molecule has 2 atom stereocenters. The van der Waals surface area contributed by atoms with E-state index in [1.54, 1.807) is 0 Å². The van der Waals surface area contributed by atoms with Crippen LogP contribution >= 0.6 is 0 Å². The van der Waals surface area contributed by atoms with Crippen LogP contribution in [0.2, 0.25) is 0 Å². The molecule has 8 heavy (non-hydrogen) atoms. The topological polar surface area (TPSA) is 38.0 Å². The summed E-state index contributed by atoms with van der Waals surface area (Å²) in [5.41, 5.74) is 5.43. The average molecular weight is 114 g/mol. The molecule has 0 aromatic rings. The third-order valence-electron chi connectivity index (χ3n) is 1.73. The zero-order chi connectivity index (χ0) is 5.98. The average Bonchev–Trinajstić information content (AvgIpc) is 2.14. The summed E-state index contributed by atoms with van der Waals surface area (Å²) in [6, 6.07) is 0.602. The summed E-state index contributed by atoms with van der Waals surface area (Å²) in [5, 5.41) is 3.33. The highest BCUT2D eigenvalue weighted by Crippen LogP contribution is 2.10. The van der Waals surface area contributed by atoms with Gasteiger partial charge < -0.3 is 11.1 Å². The Labute approximate surface area is 50.4 Å². The molecule has 0 aliphatic carbocycles. The fraction of sp³-hybridized carbons (Fsp3) is 1.00. The molecule has 0 aromatic heterocycles. The maximum Gasteiger partial charge on any atom is 0.0193 e. The summed E-state index contributed by atoms with van der Waals surface area (Å²) in [6.07, 6.45) is 1.26. The van der Waals surface area contributed by atoms with Gasteiger partial charge in [0, 0.05) is 12.6 Å². The third kappa shape index (κ3) is 1.20. The van der Waals surface area contributed by atoms with E-state index in [0.29, 0.717) is 6.04 Å². The molecular weight excluding hydrogens is 100 g/mol. The van der Waals surface area contributed by atoms with Crippen molar-refractivity contribution in [1.82, 2.24) is 5.32 Å². The molecule has 2 nitrogen and oxygen atoms in total. The van der Waals surface area contributed by atoms with E-state index in [-0.39, 0.29) is 0 Å². The molecule has 1 rings (SSSR count). The highest BCUT2D eigenvalue weighted by atomic mass is 15.0. The lowest BCUT2D eigenvalue weighted by molar-refractivity contribution is 0.592. The highest BCUT2D eigenvalue weighted by molar-refractivity contribution is 4.78. The number of hydrogen-bond donors (Lipinski definition) is 2. The van der Waals surface area contributed by atoms with Gasteiger partial charge in [0.1, 0.15) is 0 Å². The van der Waals surface area contributed by atoms with Crippen LogP contribution in [0.15, 0.2) is 0 Å². The Morgan fingerprint density at radius 1 is 1.75 bits per heavy atom. The van der Waals surface area contributed by atoms with Crippen molar-refractivity contribution in [2.75, 3.05) is 13.1 Å². The highest BCUT2D eigenvalue weighted by Gasteiger charge is 2.17. The van der Waals surface area contributed by atoms with E-state index in [9.17, 15) is 0 Å². The van der Waals surface area contributed by atoms with Gasteiger partial charge in [-0.3, -0.25) is 0 Å². The van der Waals surface area contributed by atoms with Crippen LogP contribution in [0.5, 0.6) is 0 Å². The number of nitrogens with two attached hydrogens (primary N) is 1. The predicted molar refractivity (Wildman–Crippen MR) is 34.6 cm³/mol. The Balaban J connectivity index is 2.22. The van der Waals surface area contributed by atoms with Gasteiger partial charge in [-0.15, -0.1) is 0 Å². The maximum atomic E-state index is 5.43. The summed E-state index contributed by atoms with van der Waals surface area (Å²) in [5.74, 6) is 0.837. The van der Waals surface area contributed by atoms with E-state index in [4.69, 9.17) is 5.73 Å². The summed E-state index contributed by atoms with van der Waals surface area (Å²) in [7, 11) is 0. The van der Waals surface area contributed by atoms with Gasteiger partial charge in [-0.1, -0.05) is 6.92 Å². The second kappa shape index (κ2) is 2.46. The predicted octanol–water partition coefficient (Wildman–Crippen LogP) is -0.0569. The van der Waals surface area contributed by atoms with Crippen LogP contribution < -0.4 is 11.1 Å². The Morgan fingerprint density at radius 3 is 2.75 bits per heavy atom.